The number of ether oxygens (including phenoxy) is 1. The van der Waals surface area contributed by atoms with Crippen LogP contribution in [0.1, 0.15) is 18.1 Å². The van der Waals surface area contributed by atoms with Gasteiger partial charge in [-0.2, -0.15) is 5.10 Å². The van der Waals surface area contributed by atoms with E-state index in [2.05, 4.69) is 10.5 Å². The van der Waals surface area contributed by atoms with Crippen LogP contribution in [0.5, 0.6) is 5.75 Å². The van der Waals surface area contributed by atoms with Crippen molar-refractivity contribution in [1.82, 2.24) is 5.43 Å². The van der Waals surface area contributed by atoms with Crippen LogP contribution in [0.25, 0.3) is 0 Å². The molecular formula is C19H23N3O4S. The summed E-state index contributed by atoms with van der Waals surface area (Å²) in [5.74, 6) is -0.0650. The molecule has 2 rings (SSSR count). The molecule has 0 aromatic heterocycles. The number of benzene rings is 2. The van der Waals surface area contributed by atoms with Gasteiger partial charge in [0.2, 0.25) is 10.0 Å². The van der Waals surface area contributed by atoms with Gasteiger partial charge in [0.15, 0.2) is 0 Å². The Morgan fingerprint density at radius 2 is 1.78 bits per heavy atom. The average Bonchev–Trinajstić information content (AvgIpc) is 2.67. The third-order valence-electron chi connectivity index (χ3n) is 3.83. The molecule has 0 saturated heterocycles. The van der Waals surface area contributed by atoms with Crippen molar-refractivity contribution in [1.29, 1.82) is 0 Å². The maximum atomic E-state index is 12.4. The maximum absolute atomic E-state index is 12.4. The Morgan fingerprint density at radius 1 is 1.15 bits per heavy atom. The van der Waals surface area contributed by atoms with Crippen LogP contribution in [0.15, 0.2) is 53.6 Å². The summed E-state index contributed by atoms with van der Waals surface area (Å²) in [4.78, 5) is 12.2. The summed E-state index contributed by atoms with van der Waals surface area (Å²) in [6.07, 6.45) is 1.50. The van der Waals surface area contributed by atoms with E-state index in [-0.39, 0.29) is 12.3 Å². The predicted molar refractivity (Wildman–Crippen MR) is 107 cm³/mol. The molecule has 144 valence electrons. The van der Waals surface area contributed by atoms with Gasteiger partial charge in [0.25, 0.3) is 5.91 Å². The summed E-state index contributed by atoms with van der Waals surface area (Å²) < 4.78 is 30.9. The van der Waals surface area contributed by atoms with Gasteiger partial charge in [0, 0.05) is 0 Å². The highest BCUT2D eigenvalue weighted by molar-refractivity contribution is 7.92. The van der Waals surface area contributed by atoms with E-state index in [9.17, 15) is 13.2 Å². The molecule has 27 heavy (non-hydrogen) atoms. The second-order valence-electron chi connectivity index (χ2n) is 5.81. The summed E-state index contributed by atoms with van der Waals surface area (Å²) >= 11 is 0. The number of hydrogen-bond acceptors (Lipinski definition) is 5. The molecule has 0 atom stereocenters. The number of nitrogens with zero attached hydrogens (tertiary/aromatic N) is 2. The number of rotatable bonds is 8. The third kappa shape index (κ3) is 5.82. The normalized spacial score (nSPS) is 11.4. The highest BCUT2D eigenvalue weighted by atomic mass is 32.2. The molecule has 0 unspecified atom stereocenters. The molecule has 0 heterocycles. The monoisotopic (exact) mass is 389 g/mol. The lowest BCUT2D eigenvalue weighted by molar-refractivity contribution is -0.119. The Hall–Kier alpha value is -2.87. The smallest absolute Gasteiger partial charge is 0.260 e. The molecule has 0 radical (unpaired) electrons. The molecule has 0 fully saturated rings. The van der Waals surface area contributed by atoms with Crippen LogP contribution in [0.4, 0.5) is 5.69 Å². The number of sulfonamides is 1. The van der Waals surface area contributed by atoms with Gasteiger partial charge in [-0.25, -0.2) is 13.8 Å². The number of amides is 1. The fraction of sp³-hybridized carbons (Fsp3) is 0.263. The lowest BCUT2D eigenvalue weighted by Gasteiger charge is -2.23. The van der Waals surface area contributed by atoms with Crippen molar-refractivity contribution in [3.63, 3.8) is 0 Å². The predicted octanol–water partition coefficient (Wildman–Crippen LogP) is 2.31. The van der Waals surface area contributed by atoms with E-state index in [1.807, 2.05) is 31.2 Å². The van der Waals surface area contributed by atoms with E-state index in [1.165, 1.54) is 20.2 Å². The van der Waals surface area contributed by atoms with Gasteiger partial charge in [0.1, 0.15) is 12.3 Å². The molecule has 0 saturated carbocycles. The first-order chi connectivity index (χ1) is 12.9. The van der Waals surface area contributed by atoms with E-state index in [0.29, 0.717) is 11.4 Å². The summed E-state index contributed by atoms with van der Waals surface area (Å²) in [6, 6.07) is 14.1. The standard InChI is InChI=1S/C19H23N3O4S/c1-4-27(24,25)22(17-9-11-18(26-3)12-10-17)14-19(23)21-20-13-16-7-5-15(2)6-8-16/h5-13H,4,14H2,1-3H3,(H,21,23)/b20-13-. The second-order valence-corrected chi connectivity index (χ2v) is 7.99. The number of carbonyl (C=O) groups excluding carboxylic acids is 1. The first-order valence-electron chi connectivity index (χ1n) is 8.38. The van der Waals surface area contributed by atoms with Crippen LogP contribution in [0.3, 0.4) is 0 Å². The highest BCUT2D eigenvalue weighted by Gasteiger charge is 2.23. The summed E-state index contributed by atoms with van der Waals surface area (Å²) in [5, 5.41) is 3.89. The average molecular weight is 389 g/mol. The van der Waals surface area contributed by atoms with Crippen molar-refractivity contribution in [2.24, 2.45) is 5.10 Å². The molecule has 0 bridgehead atoms. The topological polar surface area (TPSA) is 88.1 Å². The van der Waals surface area contributed by atoms with Gasteiger partial charge >= 0.3 is 0 Å². The molecule has 7 nitrogen and oxygen atoms in total. The van der Waals surface area contributed by atoms with Crippen molar-refractivity contribution < 1.29 is 17.9 Å². The zero-order valence-electron chi connectivity index (χ0n) is 15.5. The van der Waals surface area contributed by atoms with Gasteiger partial charge in [-0.15, -0.1) is 0 Å². The molecule has 0 spiro atoms. The molecule has 0 aliphatic heterocycles. The molecular weight excluding hydrogens is 366 g/mol. The van der Waals surface area contributed by atoms with Gasteiger partial charge in [-0.1, -0.05) is 29.8 Å². The number of hydrazone groups is 1. The molecule has 1 N–H and O–H groups in total. The quantitative estimate of drug-likeness (QED) is 0.554. The Labute approximate surface area is 159 Å². The van der Waals surface area contributed by atoms with Gasteiger partial charge in [0.05, 0.1) is 24.8 Å². The van der Waals surface area contributed by atoms with Crippen molar-refractivity contribution in [2.45, 2.75) is 13.8 Å². The summed E-state index contributed by atoms with van der Waals surface area (Å²) in [5.41, 5.74) is 4.70. The molecule has 8 heteroatoms. The number of nitrogens with one attached hydrogen (secondary N) is 1. The number of aryl methyl sites for hydroxylation is 1. The zero-order valence-corrected chi connectivity index (χ0v) is 16.4. The van der Waals surface area contributed by atoms with Gasteiger partial charge < -0.3 is 4.74 Å². The Balaban J connectivity index is 2.09. The minimum Gasteiger partial charge on any atom is -0.497 e. The number of anilines is 1. The van der Waals surface area contributed by atoms with Crippen LogP contribution in [0, 0.1) is 6.92 Å². The lowest BCUT2D eigenvalue weighted by Crippen LogP contribution is -2.40. The maximum Gasteiger partial charge on any atom is 0.260 e. The first kappa shape index (κ1) is 20.4. The van der Waals surface area contributed by atoms with Crippen molar-refractivity contribution in [3.05, 3.63) is 59.7 Å². The zero-order chi connectivity index (χ0) is 19.9. The molecule has 2 aromatic carbocycles. The van der Waals surface area contributed by atoms with E-state index >= 15 is 0 Å². The van der Waals surface area contributed by atoms with Gasteiger partial charge in [-0.3, -0.25) is 9.10 Å². The van der Waals surface area contributed by atoms with E-state index in [0.717, 1.165) is 15.4 Å². The van der Waals surface area contributed by atoms with E-state index < -0.39 is 15.9 Å². The fourth-order valence-electron chi connectivity index (χ4n) is 2.25. The summed E-state index contributed by atoms with van der Waals surface area (Å²) in [7, 11) is -2.11. The number of methoxy groups -OCH3 is 1. The number of carbonyl (C=O) groups is 1. The van der Waals surface area contributed by atoms with Crippen molar-refractivity contribution >= 4 is 27.8 Å². The molecule has 2 aromatic rings. The second kappa shape index (κ2) is 9.18. The largest absolute Gasteiger partial charge is 0.497 e. The SMILES string of the molecule is CCS(=O)(=O)N(CC(=O)N/N=C\c1ccc(C)cc1)c1ccc(OC)cc1. The van der Waals surface area contributed by atoms with Crippen molar-refractivity contribution in [3.8, 4) is 5.75 Å². The van der Waals surface area contributed by atoms with Crippen molar-refractivity contribution in [2.75, 3.05) is 23.7 Å². The van der Waals surface area contributed by atoms with E-state index in [1.54, 1.807) is 24.3 Å². The van der Waals surface area contributed by atoms with Gasteiger partial charge in [-0.05, 0) is 43.7 Å². The lowest BCUT2D eigenvalue weighted by atomic mass is 10.2. The van der Waals surface area contributed by atoms with Crippen LogP contribution in [0.2, 0.25) is 0 Å². The van der Waals surface area contributed by atoms with E-state index in [4.69, 9.17) is 4.74 Å². The minimum absolute atomic E-state index is 0.126. The molecule has 1 amide bonds. The fourth-order valence-corrected chi connectivity index (χ4v) is 3.32. The minimum atomic E-state index is -3.63. The Bertz CT molecular complexity index is 892. The molecule has 0 aliphatic carbocycles. The number of hydrogen-bond donors (Lipinski definition) is 1. The first-order valence-corrected chi connectivity index (χ1v) is 9.99. The van der Waals surface area contributed by atoms with Crippen LogP contribution in [-0.2, 0) is 14.8 Å². The Kier molecular flexibility index (Phi) is 6.95. The highest BCUT2D eigenvalue weighted by Crippen LogP contribution is 2.21. The Morgan fingerprint density at radius 3 is 2.33 bits per heavy atom. The third-order valence-corrected chi connectivity index (χ3v) is 5.57. The van der Waals surface area contributed by atoms with Crippen LogP contribution in [-0.4, -0.2) is 39.9 Å². The molecule has 0 aliphatic rings. The van der Waals surface area contributed by atoms with Crippen LogP contribution >= 0.6 is 0 Å². The summed E-state index contributed by atoms with van der Waals surface area (Å²) in [6.45, 7) is 3.14. The van der Waals surface area contributed by atoms with Crippen LogP contribution < -0.4 is 14.5 Å².